The van der Waals surface area contributed by atoms with E-state index in [1.807, 2.05) is 26.8 Å². The number of aromatic amines is 1. The molecule has 1 heterocycles. The predicted molar refractivity (Wildman–Crippen MR) is 48.1 cm³/mol. The van der Waals surface area contributed by atoms with E-state index in [0.717, 1.165) is 5.69 Å². The monoisotopic (exact) mass is 166 g/mol. The molecule has 0 aromatic carbocycles. The fourth-order valence-electron chi connectivity index (χ4n) is 0.976. The lowest BCUT2D eigenvalue weighted by Crippen LogP contribution is -2.30. The number of carbonyl (C=O) groups excluding carboxylic acids is 1. The minimum Gasteiger partial charge on any atom is -0.355 e. The highest BCUT2D eigenvalue weighted by atomic mass is 16.1. The summed E-state index contributed by atoms with van der Waals surface area (Å²) in [7, 11) is 0. The van der Waals surface area contributed by atoms with E-state index in [2.05, 4.69) is 10.3 Å². The second kappa shape index (κ2) is 3.43. The van der Waals surface area contributed by atoms with Crippen LogP contribution in [-0.2, 0) is 0 Å². The van der Waals surface area contributed by atoms with Crippen molar-refractivity contribution in [3.63, 3.8) is 0 Å². The van der Waals surface area contributed by atoms with Crippen LogP contribution in [0.1, 0.15) is 30.0 Å². The zero-order valence-electron chi connectivity index (χ0n) is 7.64. The van der Waals surface area contributed by atoms with Gasteiger partial charge in [0.05, 0.1) is 0 Å². The van der Waals surface area contributed by atoms with Gasteiger partial charge in [-0.05, 0) is 32.9 Å². The summed E-state index contributed by atoms with van der Waals surface area (Å²) in [5.74, 6) is -0.0434. The number of hydrogen-bond donors (Lipinski definition) is 2. The minimum absolute atomic E-state index is 0.0434. The summed E-state index contributed by atoms with van der Waals surface area (Å²) in [6, 6.07) is 3.85. The van der Waals surface area contributed by atoms with Crippen LogP contribution in [0.2, 0.25) is 0 Å². The number of carbonyl (C=O) groups is 1. The average molecular weight is 166 g/mol. The second-order valence-electron chi connectivity index (χ2n) is 3.18. The smallest absolute Gasteiger partial charge is 0.267 e. The molecule has 0 unspecified atom stereocenters. The third kappa shape index (κ3) is 2.12. The van der Waals surface area contributed by atoms with Crippen LogP contribution in [0.3, 0.4) is 0 Å². The van der Waals surface area contributed by atoms with E-state index < -0.39 is 0 Å². The Hall–Kier alpha value is -1.25. The number of amides is 1. The predicted octanol–water partition coefficient (Wildman–Crippen LogP) is 1.46. The van der Waals surface area contributed by atoms with Crippen LogP contribution in [0.4, 0.5) is 0 Å². The van der Waals surface area contributed by atoms with Gasteiger partial charge in [-0.1, -0.05) is 0 Å². The third-order valence-electron chi connectivity index (χ3n) is 1.50. The van der Waals surface area contributed by atoms with E-state index in [-0.39, 0.29) is 11.9 Å². The van der Waals surface area contributed by atoms with Crippen molar-refractivity contribution in [2.24, 2.45) is 0 Å². The Kier molecular flexibility index (Phi) is 2.53. The molecular formula is C9H14N2O. The second-order valence-corrected chi connectivity index (χ2v) is 3.18. The van der Waals surface area contributed by atoms with Crippen LogP contribution in [0.5, 0.6) is 0 Å². The van der Waals surface area contributed by atoms with Crippen LogP contribution in [0, 0.1) is 6.92 Å². The number of hydrogen-bond acceptors (Lipinski definition) is 1. The van der Waals surface area contributed by atoms with Crippen molar-refractivity contribution in [3.8, 4) is 0 Å². The minimum atomic E-state index is -0.0434. The lowest BCUT2D eigenvalue weighted by molar-refractivity contribution is 0.0938. The van der Waals surface area contributed by atoms with Crippen molar-refractivity contribution >= 4 is 5.91 Å². The molecular weight excluding hydrogens is 152 g/mol. The first-order valence-electron chi connectivity index (χ1n) is 4.06. The van der Waals surface area contributed by atoms with Crippen molar-refractivity contribution in [3.05, 3.63) is 23.5 Å². The molecule has 0 atom stereocenters. The first kappa shape index (κ1) is 8.84. The highest BCUT2D eigenvalue weighted by Crippen LogP contribution is 1.99. The maximum absolute atomic E-state index is 11.3. The van der Waals surface area contributed by atoms with Gasteiger partial charge in [0.25, 0.3) is 5.91 Å². The van der Waals surface area contributed by atoms with E-state index in [1.165, 1.54) is 0 Å². The molecule has 1 aromatic rings. The highest BCUT2D eigenvalue weighted by molar-refractivity contribution is 5.92. The van der Waals surface area contributed by atoms with Gasteiger partial charge in [0.1, 0.15) is 5.69 Å². The summed E-state index contributed by atoms with van der Waals surface area (Å²) >= 11 is 0. The fourth-order valence-corrected chi connectivity index (χ4v) is 0.976. The highest BCUT2D eigenvalue weighted by Gasteiger charge is 2.07. The van der Waals surface area contributed by atoms with Gasteiger partial charge >= 0.3 is 0 Å². The molecule has 66 valence electrons. The lowest BCUT2D eigenvalue weighted by Gasteiger charge is -2.05. The largest absolute Gasteiger partial charge is 0.355 e. The summed E-state index contributed by atoms with van der Waals surface area (Å²) < 4.78 is 0. The lowest BCUT2D eigenvalue weighted by atomic mass is 10.3. The molecule has 0 radical (unpaired) electrons. The molecule has 1 aromatic heterocycles. The molecule has 3 heteroatoms. The van der Waals surface area contributed by atoms with Gasteiger partial charge in [0, 0.05) is 11.7 Å². The summed E-state index contributed by atoms with van der Waals surface area (Å²) in [5, 5.41) is 2.80. The summed E-state index contributed by atoms with van der Waals surface area (Å²) in [6.07, 6.45) is 0. The van der Waals surface area contributed by atoms with Crippen molar-refractivity contribution in [2.75, 3.05) is 0 Å². The summed E-state index contributed by atoms with van der Waals surface area (Å²) in [6.45, 7) is 5.80. The molecule has 0 fully saturated rings. The van der Waals surface area contributed by atoms with Crippen LogP contribution >= 0.6 is 0 Å². The molecule has 1 amide bonds. The van der Waals surface area contributed by atoms with Crippen LogP contribution < -0.4 is 5.32 Å². The summed E-state index contributed by atoms with van der Waals surface area (Å²) in [4.78, 5) is 14.3. The van der Waals surface area contributed by atoms with Crippen molar-refractivity contribution in [1.82, 2.24) is 10.3 Å². The molecule has 2 N–H and O–H groups in total. The van der Waals surface area contributed by atoms with Crippen LogP contribution in [0.25, 0.3) is 0 Å². The molecule has 0 spiro atoms. The zero-order valence-corrected chi connectivity index (χ0v) is 7.64. The topological polar surface area (TPSA) is 44.9 Å². The first-order chi connectivity index (χ1) is 5.59. The maximum atomic E-state index is 11.3. The number of aryl methyl sites for hydroxylation is 1. The van der Waals surface area contributed by atoms with Gasteiger partial charge in [0.2, 0.25) is 0 Å². The van der Waals surface area contributed by atoms with E-state index in [1.54, 1.807) is 6.07 Å². The van der Waals surface area contributed by atoms with Crippen LogP contribution in [0.15, 0.2) is 12.1 Å². The van der Waals surface area contributed by atoms with Gasteiger partial charge in [0.15, 0.2) is 0 Å². The Bertz CT molecular complexity index is 276. The molecule has 0 bridgehead atoms. The Balaban J connectivity index is 2.65. The SMILES string of the molecule is Cc1ccc(C(=O)NC(C)C)[nH]1. The van der Waals surface area contributed by atoms with Gasteiger partial charge < -0.3 is 10.3 Å². The van der Waals surface area contributed by atoms with Crippen LogP contribution in [-0.4, -0.2) is 16.9 Å². The molecule has 0 aliphatic rings. The Morgan fingerprint density at radius 2 is 2.17 bits per heavy atom. The van der Waals surface area contributed by atoms with Crippen molar-refractivity contribution in [2.45, 2.75) is 26.8 Å². The van der Waals surface area contributed by atoms with Crippen molar-refractivity contribution < 1.29 is 4.79 Å². The number of nitrogens with one attached hydrogen (secondary N) is 2. The molecule has 0 aliphatic carbocycles. The Labute approximate surface area is 72.2 Å². The molecule has 0 saturated carbocycles. The number of H-pyrrole nitrogens is 1. The summed E-state index contributed by atoms with van der Waals surface area (Å²) in [5.41, 5.74) is 1.63. The van der Waals surface area contributed by atoms with E-state index in [9.17, 15) is 4.79 Å². The standard InChI is InChI=1S/C9H14N2O/c1-6(2)10-9(12)8-5-4-7(3)11-8/h4-6,11H,1-3H3,(H,10,12). The molecule has 0 aliphatic heterocycles. The first-order valence-corrected chi connectivity index (χ1v) is 4.06. The maximum Gasteiger partial charge on any atom is 0.267 e. The zero-order chi connectivity index (χ0) is 9.14. The Morgan fingerprint density at radius 1 is 1.50 bits per heavy atom. The van der Waals surface area contributed by atoms with Gasteiger partial charge in [-0.15, -0.1) is 0 Å². The number of rotatable bonds is 2. The number of aromatic nitrogens is 1. The van der Waals surface area contributed by atoms with E-state index >= 15 is 0 Å². The molecule has 3 nitrogen and oxygen atoms in total. The normalized spacial score (nSPS) is 10.3. The van der Waals surface area contributed by atoms with E-state index in [0.29, 0.717) is 5.69 Å². The Morgan fingerprint density at radius 3 is 2.58 bits per heavy atom. The van der Waals surface area contributed by atoms with Gasteiger partial charge in [-0.3, -0.25) is 4.79 Å². The van der Waals surface area contributed by atoms with Crippen molar-refractivity contribution in [1.29, 1.82) is 0 Å². The third-order valence-corrected chi connectivity index (χ3v) is 1.50. The molecule has 1 rings (SSSR count). The molecule has 0 saturated heterocycles. The fraction of sp³-hybridized carbons (Fsp3) is 0.444. The quantitative estimate of drug-likeness (QED) is 0.686. The van der Waals surface area contributed by atoms with Gasteiger partial charge in [-0.2, -0.15) is 0 Å². The average Bonchev–Trinajstić information content (AvgIpc) is 2.34. The molecule has 12 heavy (non-hydrogen) atoms. The van der Waals surface area contributed by atoms with Gasteiger partial charge in [-0.25, -0.2) is 0 Å². The van der Waals surface area contributed by atoms with E-state index in [4.69, 9.17) is 0 Å².